The van der Waals surface area contributed by atoms with Gasteiger partial charge in [0.15, 0.2) is 0 Å². The molecule has 0 saturated heterocycles. The molecule has 1 aliphatic carbocycles. The number of thiophene rings is 1. The second kappa shape index (κ2) is 4.78. The maximum Gasteiger partial charge on any atom is 0.289 e. The zero-order chi connectivity index (χ0) is 15.4. The lowest BCUT2D eigenvalue weighted by Crippen LogP contribution is -2.26. The highest BCUT2D eigenvalue weighted by molar-refractivity contribution is 7.25. The average molecular weight is 314 g/mol. The minimum atomic E-state index is -0.190. The minimum absolute atomic E-state index is 0.190. The van der Waals surface area contributed by atoms with Crippen LogP contribution in [-0.4, -0.2) is 14.6 Å². The predicted molar refractivity (Wildman–Crippen MR) is 89.9 cm³/mol. The van der Waals surface area contributed by atoms with Crippen LogP contribution in [0.15, 0.2) is 11.1 Å². The number of fused-ring (bicyclic) bond motifs is 5. The Morgan fingerprint density at radius 1 is 1.36 bits per heavy atom. The first-order valence-corrected chi connectivity index (χ1v) is 8.47. The third kappa shape index (κ3) is 1.86. The largest absolute Gasteiger partial charge is 0.335 e. The number of nitrogen functional groups attached to an aromatic ring is 1. The summed E-state index contributed by atoms with van der Waals surface area (Å²) in [6.07, 6.45) is 5.69. The first kappa shape index (κ1) is 13.7. The molecule has 3 aromatic rings. The molecule has 0 aromatic carbocycles. The van der Waals surface area contributed by atoms with Crippen LogP contribution in [0.25, 0.3) is 20.4 Å². The van der Waals surface area contributed by atoms with E-state index < -0.39 is 0 Å². The summed E-state index contributed by atoms with van der Waals surface area (Å²) in [7, 11) is 0. The topological polar surface area (TPSA) is 73.8 Å². The van der Waals surface area contributed by atoms with Crippen molar-refractivity contribution in [1.29, 1.82) is 0 Å². The molecule has 0 fully saturated rings. The van der Waals surface area contributed by atoms with Gasteiger partial charge in [-0.15, -0.1) is 11.3 Å². The second-order valence-corrected chi connectivity index (χ2v) is 7.38. The van der Waals surface area contributed by atoms with E-state index in [1.807, 2.05) is 0 Å². The van der Waals surface area contributed by atoms with Gasteiger partial charge in [0.05, 0.1) is 5.52 Å². The van der Waals surface area contributed by atoms with Gasteiger partial charge in [-0.1, -0.05) is 13.8 Å². The van der Waals surface area contributed by atoms with Crippen molar-refractivity contribution in [3.8, 4) is 0 Å². The molecule has 6 heteroatoms. The standard InChI is InChI=1S/C16H18N4OS/c1-8(2)6-11-9-4-3-5-10(9)12-13-14(22-15(12)19-11)16(21)20(17)7-18-13/h7-8H,3-6,17H2,1-2H3. The summed E-state index contributed by atoms with van der Waals surface area (Å²) in [6.45, 7) is 4.43. The number of aromatic nitrogens is 3. The molecule has 2 N–H and O–H groups in total. The van der Waals surface area contributed by atoms with Crippen LogP contribution in [0.2, 0.25) is 0 Å². The molecule has 0 bridgehead atoms. The Morgan fingerprint density at radius 3 is 2.91 bits per heavy atom. The van der Waals surface area contributed by atoms with Crippen molar-refractivity contribution in [2.45, 2.75) is 39.5 Å². The Kier molecular flexibility index (Phi) is 2.97. The van der Waals surface area contributed by atoms with Gasteiger partial charge >= 0.3 is 0 Å². The van der Waals surface area contributed by atoms with Crippen LogP contribution >= 0.6 is 11.3 Å². The van der Waals surface area contributed by atoms with E-state index in [1.165, 1.54) is 34.5 Å². The summed E-state index contributed by atoms with van der Waals surface area (Å²) in [5.74, 6) is 6.22. The highest BCUT2D eigenvalue weighted by Crippen LogP contribution is 2.38. The monoisotopic (exact) mass is 314 g/mol. The van der Waals surface area contributed by atoms with Gasteiger partial charge in [-0.3, -0.25) is 4.79 Å². The summed E-state index contributed by atoms with van der Waals surface area (Å²) in [5, 5.41) is 1.08. The van der Waals surface area contributed by atoms with Gasteiger partial charge in [0.2, 0.25) is 0 Å². The molecule has 4 rings (SSSR count). The molecule has 114 valence electrons. The van der Waals surface area contributed by atoms with Gasteiger partial charge < -0.3 is 5.84 Å². The molecule has 0 unspecified atom stereocenters. The fraction of sp³-hybridized carbons (Fsp3) is 0.438. The summed E-state index contributed by atoms with van der Waals surface area (Å²) in [4.78, 5) is 22.5. The van der Waals surface area contributed by atoms with Gasteiger partial charge in [0.25, 0.3) is 5.56 Å². The minimum Gasteiger partial charge on any atom is -0.335 e. The Bertz CT molecular complexity index is 954. The molecule has 1 aliphatic rings. The molecule has 3 aromatic heterocycles. The summed E-state index contributed by atoms with van der Waals surface area (Å²) < 4.78 is 1.66. The van der Waals surface area contributed by atoms with Crippen LogP contribution in [0.4, 0.5) is 0 Å². The van der Waals surface area contributed by atoms with Crippen molar-refractivity contribution in [2.24, 2.45) is 5.92 Å². The Balaban J connectivity index is 2.11. The third-order valence-electron chi connectivity index (χ3n) is 4.31. The number of hydrogen-bond donors (Lipinski definition) is 1. The van der Waals surface area contributed by atoms with E-state index >= 15 is 0 Å². The number of nitrogens with two attached hydrogens (primary N) is 1. The summed E-state index contributed by atoms with van der Waals surface area (Å²) >= 11 is 1.42. The second-order valence-electron chi connectivity index (χ2n) is 6.38. The molecular formula is C16H18N4OS. The van der Waals surface area contributed by atoms with Gasteiger partial charge in [-0.2, -0.15) is 0 Å². The first-order chi connectivity index (χ1) is 10.6. The van der Waals surface area contributed by atoms with E-state index in [9.17, 15) is 4.79 Å². The maximum absolute atomic E-state index is 12.2. The molecule has 0 spiro atoms. The zero-order valence-electron chi connectivity index (χ0n) is 12.7. The quantitative estimate of drug-likeness (QED) is 0.737. The number of aryl methyl sites for hydroxylation is 1. The highest BCUT2D eigenvalue weighted by Gasteiger charge is 2.24. The Hall–Kier alpha value is -1.95. The molecule has 0 aliphatic heterocycles. The maximum atomic E-state index is 12.2. The smallest absolute Gasteiger partial charge is 0.289 e. The molecular weight excluding hydrogens is 296 g/mol. The van der Waals surface area contributed by atoms with Crippen LogP contribution in [-0.2, 0) is 19.3 Å². The van der Waals surface area contributed by atoms with E-state index in [4.69, 9.17) is 10.8 Å². The van der Waals surface area contributed by atoms with Crippen molar-refractivity contribution in [3.63, 3.8) is 0 Å². The van der Waals surface area contributed by atoms with E-state index in [0.29, 0.717) is 10.6 Å². The molecule has 0 radical (unpaired) electrons. The van der Waals surface area contributed by atoms with Gasteiger partial charge in [-0.05, 0) is 42.7 Å². The van der Waals surface area contributed by atoms with Crippen LogP contribution < -0.4 is 11.4 Å². The van der Waals surface area contributed by atoms with Crippen molar-refractivity contribution in [3.05, 3.63) is 33.5 Å². The van der Waals surface area contributed by atoms with E-state index in [-0.39, 0.29) is 5.56 Å². The molecule has 0 amide bonds. The first-order valence-electron chi connectivity index (χ1n) is 7.66. The molecule has 22 heavy (non-hydrogen) atoms. The van der Waals surface area contributed by atoms with E-state index in [2.05, 4.69) is 18.8 Å². The highest BCUT2D eigenvalue weighted by atomic mass is 32.1. The van der Waals surface area contributed by atoms with Crippen LogP contribution in [0.3, 0.4) is 0 Å². The number of nitrogens with zero attached hydrogens (tertiary/aromatic N) is 3. The van der Waals surface area contributed by atoms with E-state index in [0.717, 1.165) is 46.1 Å². The van der Waals surface area contributed by atoms with Gasteiger partial charge in [0.1, 0.15) is 15.9 Å². The normalized spacial score (nSPS) is 14.3. The van der Waals surface area contributed by atoms with Gasteiger partial charge in [-0.25, -0.2) is 14.6 Å². The number of hydrogen-bond acceptors (Lipinski definition) is 5. The lowest BCUT2D eigenvalue weighted by atomic mass is 9.99. The van der Waals surface area contributed by atoms with Crippen LogP contribution in [0.5, 0.6) is 0 Å². The van der Waals surface area contributed by atoms with Crippen molar-refractivity contribution >= 4 is 31.8 Å². The fourth-order valence-electron chi connectivity index (χ4n) is 3.40. The van der Waals surface area contributed by atoms with E-state index in [1.54, 1.807) is 0 Å². The summed E-state index contributed by atoms with van der Waals surface area (Å²) in [6, 6.07) is 0. The van der Waals surface area contributed by atoms with Crippen molar-refractivity contribution in [2.75, 3.05) is 5.84 Å². The molecule has 0 saturated carbocycles. The molecule has 5 nitrogen and oxygen atoms in total. The molecule has 0 atom stereocenters. The Labute approximate surface area is 131 Å². The number of pyridine rings is 1. The average Bonchev–Trinajstić information content (AvgIpc) is 3.06. The van der Waals surface area contributed by atoms with Crippen molar-refractivity contribution in [1.82, 2.24) is 14.6 Å². The van der Waals surface area contributed by atoms with Gasteiger partial charge in [0, 0.05) is 11.1 Å². The summed E-state index contributed by atoms with van der Waals surface area (Å²) in [5.41, 5.74) is 4.53. The van der Waals surface area contributed by atoms with Crippen LogP contribution in [0.1, 0.15) is 37.1 Å². The zero-order valence-corrected chi connectivity index (χ0v) is 13.5. The SMILES string of the molecule is CC(C)Cc1nc2sc3c(=O)n(N)cnc3c2c2c1CCC2. The third-order valence-corrected chi connectivity index (χ3v) is 5.37. The molecule has 3 heterocycles. The lowest BCUT2D eigenvalue weighted by molar-refractivity contribution is 0.632. The van der Waals surface area contributed by atoms with Crippen LogP contribution in [0, 0.1) is 5.92 Å². The predicted octanol–water partition coefficient (Wildman–Crippen LogP) is 2.41. The van der Waals surface area contributed by atoms with Crippen molar-refractivity contribution < 1.29 is 0 Å². The lowest BCUT2D eigenvalue weighted by Gasteiger charge is -2.11. The fourth-order valence-corrected chi connectivity index (χ4v) is 4.52. The number of rotatable bonds is 2. The Morgan fingerprint density at radius 2 is 2.14 bits per heavy atom.